The molecule has 0 radical (unpaired) electrons. The molecule has 0 aliphatic rings. The number of rotatable bonds is 10. The van der Waals surface area contributed by atoms with E-state index in [1.807, 2.05) is 0 Å². The van der Waals surface area contributed by atoms with Crippen LogP contribution in [0.5, 0.6) is 5.75 Å². The van der Waals surface area contributed by atoms with Gasteiger partial charge in [-0.25, -0.2) is 9.59 Å². The highest BCUT2D eigenvalue weighted by atomic mass is 79.9. The van der Waals surface area contributed by atoms with Gasteiger partial charge in [-0.05, 0) is 42.8 Å². The topological polar surface area (TPSA) is 52.6 Å². The van der Waals surface area contributed by atoms with Gasteiger partial charge in [0, 0.05) is 4.47 Å². The van der Waals surface area contributed by atoms with Crippen LogP contribution in [-0.4, -0.2) is 18.5 Å². The predicted molar refractivity (Wildman–Crippen MR) is 109 cm³/mol. The molecule has 0 bridgehead atoms. The highest BCUT2D eigenvalue weighted by Gasteiger charge is 2.19. The van der Waals surface area contributed by atoms with Crippen molar-refractivity contribution >= 4 is 27.9 Å². The van der Waals surface area contributed by atoms with E-state index in [1.165, 1.54) is 19.3 Å². The zero-order valence-electron chi connectivity index (χ0n) is 15.6. The van der Waals surface area contributed by atoms with E-state index in [1.54, 1.807) is 48.5 Å². The van der Waals surface area contributed by atoms with Crippen molar-refractivity contribution in [3.8, 4) is 5.75 Å². The molecule has 0 aliphatic carbocycles. The summed E-state index contributed by atoms with van der Waals surface area (Å²) in [4.78, 5) is 24.8. The van der Waals surface area contributed by atoms with Gasteiger partial charge in [0.15, 0.2) is 0 Å². The molecule has 0 unspecified atom stereocenters. The second-order valence-corrected chi connectivity index (χ2v) is 7.21. The Morgan fingerprint density at radius 1 is 0.815 bits per heavy atom. The summed E-state index contributed by atoms with van der Waals surface area (Å²) in [6, 6.07) is 13.5. The Bertz CT molecular complexity index is 740. The maximum Gasteiger partial charge on any atom is 0.344 e. The number of esters is 2. The van der Waals surface area contributed by atoms with Gasteiger partial charge in [0.25, 0.3) is 0 Å². The fraction of sp³-hybridized carbons (Fsp3) is 0.364. The van der Waals surface area contributed by atoms with Crippen LogP contribution in [0, 0.1) is 0 Å². The summed E-state index contributed by atoms with van der Waals surface area (Å²) in [5.41, 5.74) is 0.430. The normalized spacial score (nSPS) is 10.4. The number of benzene rings is 2. The van der Waals surface area contributed by atoms with E-state index >= 15 is 0 Å². The quantitative estimate of drug-likeness (QED) is 0.255. The molecule has 0 heterocycles. The number of ether oxygens (including phenoxy) is 2. The number of carbonyl (C=O) groups is 2. The van der Waals surface area contributed by atoms with Crippen LogP contribution in [0.4, 0.5) is 0 Å². The van der Waals surface area contributed by atoms with Gasteiger partial charge in [0.05, 0.1) is 17.7 Å². The molecule has 144 valence electrons. The summed E-state index contributed by atoms with van der Waals surface area (Å²) < 4.78 is 11.6. The average molecular weight is 433 g/mol. The minimum atomic E-state index is -0.579. The van der Waals surface area contributed by atoms with Crippen LogP contribution >= 0.6 is 15.9 Å². The maximum atomic E-state index is 12.5. The second kappa shape index (κ2) is 11.5. The van der Waals surface area contributed by atoms with Crippen molar-refractivity contribution in [2.24, 2.45) is 0 Å². The lowest BCUT2D eigenvalue weighted by Crippen LogP contribution is -2.16. The molecular weight excluding hydrogens is 408 g/mol. The van der Waals surface area contributed by atoms with Crippen LogP contribution < -0.4 is 4.74 Å². The molecule has 0 saturated carbocycles. The first-order valence-corrected chi connectivity index (χ1v) is 10.1. The zero-order valence-corrected chi connectivity index (χ0v) is 17.2. The molecule has 0 aromatic heterocycles. The second-order valence-electron chi connectivity index (χ2n) is 6.29. The van der Waals surface area contributed by atoms with Crippen LogP contribution in [0.15, 0.2) is 53.0 Å². The van der Waals surface area contributed by atoms with Crippen molar-refractivity contribution in [1.29, 1.82) is 0 Å². The van der Waals surface area contributed by atoms with E-state index in [0.29, 0.717) is 12.4 Å². The molecule has 2 aromatic carbocycles. The van der Waals surface area contributed by atoms with E-state index < -0.39 is 11.9 Å². The van der Waals surface area contributed by atoms with E-state index in [0.717, 1.165) is 23.7 Å². The largest absolute Gasteiger partial charge is 0.462 e. The Balaban J connectivity index is 1.90. The number of unbranched alkanes of at least 4 members (excludes halogenated alkanes) is 5. The molecule has 0 N–H and O–H groups in total. The fourth-order valence-electron chi connectivity index (χ4n) is 2.63. The number of carbonyl (C=O) groups excluding carboxylic acids is 2. The van der Waals surface area contributed by atoms with Gasteiger partial charge in [-0.3, -0.25) is 0 Å². The van der Waals surface area contributed by atoms with Crippen molar-refractivity contribution in [2.75, 3.05) is 6.61 Å². The minimum Gasteiger partial charge on any atom is -0.462 e. The lowest BCUT2D eigenvalue weighted by atomic mass is 10.1. The van der Waals surface area contributed by atoms with Crippen LogP contribution in [0.3, 0.4) is 0 Å². The molecule has 5 heteroatoms. The van der Waals surface area contributed by atoms with E-state index in [2.05, 4.69) is 22.9 Å². The smallest absolute Gasteiger partial charge is 0.344 e. The summed E-state index contributed by atoms with van der Waals surface area (Å²) in [6.07, 6.45) is 6.70. The molecule has 0 aliphatic heterocycles. The Labute approximate surface area is 169 Å². The van der Waals surface area contributed by atoms with Crippen LogP contribution in [0.2, 0.25) is 0 Å². The lowest BCUT2D eigenvalue weighted by molar-refractivity contribution is 0.0489. The SMILES string of the molecule is CCCCCCCCOC(=O)c1ccccc1C(=O)Oc1ccc(Br)cc1. The van der Waals surface area contributed by atoms with Crippen molar-refractivity contribution in [1.82, 2.24) is 0 Å². The first-order chi connectivity index (χ1) is 13.1. The van der Waals surface area contributed by atoms with Gasteiger partial charge in [-0.1, -0.05) is 67.1 Å². The number of hydrogen-bond donors (Lipinski definition) is 0. The maximum absolute atomic E-state index is 12.5. The number of halogens is 1. The van der Waals surface area contributed by atoms with Crippen molar-refractivity contribution < 1.29 is 19.1 Å². The van der Waals surface area contributed by atoms with E-state index in [9.17, 15) is 9.59 Å². The standard InChI is InChI=1S/C22H25BrO4/c1-2-3-4-5-6-9-16-26-21(24)19-10-7-8-11-20(19)22(25)27-18-14-12-17(23)13-15-18/h7-8,10-15H,2-6,9,16H2,1H3. The molecule has 0 amide bonds. The molecule has 2 rings (SSSR count). The molecule has 27 heavy (non-hydrogen) atoms. The summed E-state index contributed by atoms with van der Waals surface area (Å²) in [6.45, 7) is 2.54. The average Bonchev–Trinajstić information content (AvgIpc) is 2.69. The highest BCUT2D eigenvalue weighted by molar-refractivity contribution is 9.10. The first kappa shape index (κ1) is 21.2. The van der Waals surface area contributed by atoms with Gasteiger partial charge >= 0.3 is 11.9 Å². The molecule has 0 fully saturated rings. The van der Waals surface area contributed by atoms with Crippen molar-refractivity contribution in [3.63, 3.8) is 0 Å². The third-order valence-electron chi connectivity index (χ3n) is 4.12. The lowest BCUT2D eigenvalue weighted by Gasteiger charge is -2.10. The van der Waals surface area contributed by atoms with Gasteiger partial charge < -0.3 is 9.47 Å². The molecule has 2 aromatic rings. The fourth-order valence-corrected chi connectivity index (χ4v) is 2.89. The molecule has 0 spiro atoms. The molecule has 0 atom stereocenters. The molecule has 4 nitrogen and oxygen atoms in total. The minimum absolute atomic E-state index is 0.202. The van der Waals surface area contributed by atoms with Crippen molar-refractivity contribution in [2.45, 2.75) is 45.4 Å². The van der Waals surface area contributed by atoms with Crippen LogP contribution in [0.25, 0.3) is 0 Å². The highest BCUT2D eigenvalue weighted by Crippen LogP contribution is 2.19. The Kier molecular flexibility index (Phi) is 9.05. The predicted octanol–water partition coefficient (Wildman–Crippen LogP) is 6.19. The van der Waals surface area contributed by atoms with Gasteiger partial charge in [-0.15, -0.1) is 0 Å². The Morgan fingerprint density at radius 3 is 2.07 bits per heavy atom. The summed E-state index contributed by atoms with van der Waals surface area (Å²) >= 11 is 3.33. The van der Waals surface area contributed by atoms with Gasteiger partial charge in [0.1, 0.15) is 5.75 Å². The molecular formula is C22H25BrO4. The van der Waals surface area contributed by atoms with E-state index in [4.69, 9.17) is 9.47 Å². The summed E-state index contributed by atoms with van der Waals surface area (Å²) in [7, 11) is 0. The van der Waals surface area contributed by atoms with Gasteiger partial charge in [0.2, 0.25) is 0 Å². The third-order valence-corrected chi connectivity index (χ3v) is 4.65. The third kappa shape index (κ3) is 7.18. The Hall–Kier alpha value is -2.14. The van der Waals surface area contributed by atoms with Crippen molar-refractivity contribution in [3.05, 3.63) is 64.1 Å². The van der Waals surface area contributed by atoms with Crippen LogP contribution in [0.1, 0.15) is 66.2 Å². The van der Waals surface area contributed by atoms with E-state index in [-0.39, 0.29) is 11.1 Å². The Morgan fingerprint density at radius 2 is 1.41 bits per heavy atom. The van der Waals surface area contributed by atoms with Gasteiger partial charge in [-0.2, -0.15) is 0 Å². The summed E-state index contributed by atoms with van der Waals surface area (Å²) in [5, 5.41) is 0. The summed E-state index contributed by atoms with van der Waals surface area (Å²) in [5.74, 6) is -0.658. The first-order valence-electron chi connectivity index (χ1n) is 9.35. The van der Waals surface area contributed by atoms with Crippen LogP contribution in [-0.2, 0) is 4.74 Å². The molecule has 0 saturated heterocycles. The zero-order chi connectivity index (χ0) is 19.5. The number of hydrogen-bond acceptors (Lipinski definition) is 4. The monoisotopic (exact) mass is 432 g/mol.